The highest BCUT2D eigenvalue weighted by Gasteiger charge is 2.17. The number of carboxylic acids is 1. The molecule has 0 fully saturated rings. The Labute approximate surface area is 133 Å². The second kappa shape index (κ2) is 6.79. The fourth-order valence-electron chi connectivity index (χ4n) is 1.66. The molecule has 0 unspecified atom stereocenters. The highest BCUT2D eigenvalue weighted by Crippen LogP contribution is 2.27. The van der Waals surface area contributed by atoms with E-state index in [0.29, 0.717) is 17.4 Å². The zero-order chi connectivity index (χ0) is 15.4. The van der Waals surface area contributed by atoms with Crippen molar-refractivity contribution in [3.05, 3.63) is 44.3 Å². The summed E-state index contributed by atoms with van der Waals surface area (Å²) in [6, 6.07) is 4.66. The Morgan fingerprint density at radius 2 is 2.19 bits per heavy atom. The zero-order valence-electron chi connectivity index (χ0n) is 10.8. The summed E-state index contributed by atoms with van der Waals surface area (Å²) in [4.78, 5) is 27.5. The van der Waals surface area contributed by atoms with Gasteiger partial charge in [0.2, 0.25) is 0 Å². The molecule has 0 saturated heterocycles. The number of anilines is 1. The van der Waals surface area contributed by atoms with Gasteiger partial charge < -0.3 is 16.2 Å². The van der Waals surface area contributed by atoms with Crippen LogP contribution in [0.2, 0.25) is 0 Å². The summed E-state index contributed by atoms with van der Waals surface area (Å²) >= 11 is 4.58. The number of hydrogen-bond acceptors (Lipinski definition) is 5. The van der Waals surface area contributed by atoms with Gasteiger partial charge in [-0.15, -0.1) is 11.3 Å². The molecule has 1 amide bonds. The quantitative estimate of drug-likeness (QED) is 0.749. The van der Waals surface area contributed by atoms with Crippen molar-refractivity contribution >= 4 is 44.8 Å². The number of para-hydroxylation sites is 1. The number of aromatic carboxylic acids is 1. The van der Waals surface area contributed by atoms with Crippen molar-refractivity contribution in [3.8, 4) is 0 Å². The number of nitrogens with two attached hydrogens (primary N) is 1. The van der Waals surface area contributed by atoms with Crippen LogP contribution in [-0.2, 0) is 6.42 Å². The molecule has 2 aromatic rings. The number of benzene rings is 1. The Hall–Kier alpha value is -1.77. The Morgan fingerprint density at radius 3 is 2.86 bits per heavy atom. The number of carboxylic acid groups (broad SMARTS) is 1. The molecule has 0 aliphatic rings. The third-order valence-electron chi connectivity index (χ3n) is 2.63. The molecule has 0 spiro atoms. The van der Waals surface area contributed by atoms with Gasteiger partial charge in [0, 0.05) is 16.3 Å². The molecule has 6 nitrogen and oxygen atoms in total. The van der Waals surface area contributed by atoms with E-state index < -0.39 is 11.9 Å². The molecule has 0 radical (unpaired) electrons. The Kier molecular flexibility index (Phi) is 5.05. The Morgan fingerprint density at radius 1 is 1.43 bits per heavy atom. The third-order valence-corrected chi connectivity index (χ3v) is 4.19. The van der Waals surface area contributed by atoms with E-state index in [1.165, 1.54) is 17.4 Å². The van der Waals surface area contributed by atoms with Crippen molar-refractivity contribution < 1.29 is 14.7 Å². The van der Waals surface area contributed by atoms with Crippen molar-refractivity contribution in [3.63, 3.8) is 0 Å². The lowest BCUT2D eigenvalue weighted by molar-refractivity contribution is 0.0698. The van der Waals surface area contributed by atoms with Crippen LogP contribution in [0.1, 0.15) is 25.9 Å². The van der Waals surface area contributed by atoms with E-state index in [-0.39, 0.29) is 16.9 Å². The Balaban J connectivity index is 2.25. The summed E-state index contributed by atoms with van der Waals surface area (Å²) in [5.74, 6) is -1.57. The molecule has 21 heavy (non-hydrogen) atoms. The minimum absolute atomic E-state index is 0.00939. The summed E-state index contributed by atoms with van der Waals surface area (Å²) in [6.07, 6.45) is 0.605. The van der Waals surface area contributed by atoms with Gasteiger partial charge >= 0.3 is 5.97 Å². The molecule has 0 saturated carbocycles. The molecular formula is C13H12BrN3O3S. The van der Waals surface area contributed by atoms with E-state index in [1.54, 1.807) is 17.5 Å². The minimum atomic E-state index is -1.12. The fraction of sp³-hybridized carbons (Fsp3) is 0.154. The summed E-state index contributed by atoms with van der Waals surface area (Å²) in [7, 11) is 0. The molecular weight excluding hydrogens is 358 g/mol. The minimum Gasteiger partial charge on any atom is -0.478 e. The van der Waals surface area contributed by atoms with Crippen LogP contribution < -0.4 is 11.1 Å². The second-order valence-electron chi connectivity index (χ2n) is 4.09. The lowest BCUT2D eigenvalue weighted by Gasteiger charge is -2.09. The standard InChI is InChI=1S/C13H12BrN3O3S/c14-8-3-1-2-7(13(19)20)11(8)17-12(18)9-6-21-10(16-9)4-5-15/h1-3,6H,4-5,15H2,(H,17,18)(H,19,20). The molecule has 0 atom stereocenters. The van der Waals surface area contributed by atoms with Crippen LogP contribution >= 0.6 is 27.3 Å². The van der Waals surface area contributed by atoms with Crippen LogP contribution in [0.25, 0.3) is 0 Å². The molecule has 8 heteroatoms. The topological polar surface area (TPSA) is 105 Å². The van der Waals surface area contributed by atoms with Gasteiger partial charge in [-0.2, -0.15) is 0 Å². The van der Waals surface area contributed by atoms with Gasteiger partial charge in [0.25, 0.3) is 5.91 Å². The molecule has 110 valence electrons. The van der Waals surface area contributed by atoms with Crippen molar-refractivity contribution in [2.45, 2.75) is 6.42 Å². The average molecular weight is 370 g/mol. The first-order chi connectivity index (χ1) is 10.0. The van der Waals surface area contributed by atoms with Crippen molar-refractivity contribution in [2.75, 3.05) is 11.9 Å². The molecule has 1 aromatic carbocycles. The summed E-state index contributed by atoms with van der Waals surface area (Å²) < 4.78 is 0.494. The maximum atomic E-state index is 12.1. The van der Waals surface area contributed by atoms with E-state index in [1.807, 2.05) is 0 Å². The number of nitrogens with one attached hydrogen (secondary N) is 1. The zero-order valence-corrected chi connectivity index (χ0v) is 13.2. The number of aromatic nitrogens is 1. The van der Waals surface area contributed by atoms with Crippen LogP contribution in [0.15, 0.2) is 28.1 Å². The van der Waals surface area contributed by atoms with E-state index >= 15 is 0 Å². The molecule has 0 bridgehead atoms. The van der Waals surface area contributed by atoms with Gasteiger partial charge in [0.15, 0.2) is 0 Å². The number of thiazole rings is 1. The predicted molar refractivity (Wildman–Crippen MR) is 83.9 cm³/mol. The van der Waals surface area contributed by atoms with Gasteiger partial charge in [-0.05, 0) is 34.6 Å². The van der Waals surface area contributed by atoms with E-state index in [2.05, 4.69) is 26.2 Å². The summed E-state index contributed by atoms with van der Waals surface area (Å²) in [6.45, 7) is 0.460. The van der Waals surface area contributed by atoms with Crippen molar-refractivity contribution in [1.82, 2.24) is 4.98 Å². The number of amides is 1. The number of carbonyl (C=O) groups excluding carboxylic acids is 1. The van der Waals surface area contributed by atoms with Crippen LogP contribution in [-0.4, -0.2) is 28.5 Å². The van der Waals surface area contributed by atoms with Gasteiger partial charge in [0.05, 0.1) is 16.3 Å². The SMILES string of the molecule is NCCc1nc(C(=O)Nc2c(Br)cccc2C(=O)O)cs1. The highest BCUT2D eigenvalue weighted by atomic mass is 79.9. The molecule has 0 aliphatic heterocycles. The molecule has 1 aromatic heterocycles. The molecule has 1 heterocycles. The number of rotatable bonds is 5. The van der Waals surface area contributed by atoms with E-state index in [4.69, 9.17) is 10.8 Å². The van der Waals surface area contributed by atoms with Crippen molar-refractivity contribution in [2.24, 2.45) is 5.73 Å². The Bertz CT molecular complexity index is 687. The van der Waals surface area contributed by atoms with Gasteiger partial charge in [0.1, 0.15) is 5.69 Å². The van der Waals surface area contributed by atoms with Gasteiger partial charge in [-0.1, -0.05) is 6.07 Å². The van der Waals surface area contributed by atoms with Crippen LogP contribution in [0.4, 0.5) is 5.69 Å². The van der Waals surface area contributed by atoms with Crippen LogP contribution in [0.5, 0.6) is 0 Å². The first kappa shape index (κ1) is 15.6. The lowest BCUT2D eigenvalue weighted by atomic mass is 10.2. The van der Waals surface area contributed by atoms with Crippen LogP contribution in [0.3, 0.4) is 0 Å². The molecule has 2 rings (SSSR count). The maximum Gasteiger partial charge on any atom is 0.337 e. The van der Waals surface area contributed by atoms with Gasteiger partial charge in [-0.25, -0.2) is 9.78 Å². The third kappa shape index (κ3) is 3.66. The number of nitrogens with zero attached hydrogens (tertiary/aromatic N) is 1. The molecule has 0 aliphatic carbocycles. The summed E-state index contributed by atoms with van der Waals surface area (Å²) in [5.41, 5.74) is 5.90. The normalized spacial score (nSPS) is 10.4. The lowest BCUT2D eigenvalue weighted by Crippen LogP contribution is -2.16. The smallest absolute Gasteiger partial charge is 0.337 e. The number of halogens is 1. The first-order valence-electron chi connectivity index (χ1n) is 6.00. The fourth-order valence-corrected chi connectivity index (χ4v) is 2.92. The van der Waals surface area contributed by atoms with E-state index in [0.717, 1.165) is 5.01 Å². The second-order valence-corrected chi connectivity index (χ2v) is 5.88. The first-order valence-corrected chi connectivity index (χ1v) is 7.68. The van der Waals surface area contributed by atoms with E-state index in [9.17, 15) is 9.59 Å². The number of hydrogen-bond donors (Lipinski definition) is 3. The summed E-state index contributed by atoms with van der Waals surface area (Å²) in [5, 5.41) is 14.1. The molecule has 4 N–H and O–H groups in total. The predicted octanol–water partition coefficient (Wildman–Crippen LogP) is 2.36. The largest absolute Gasteiger partial charge is 0.478 e. The van der Waals surface area contributed by atoms with Gasteiger partial charge in [-0.3, -0.25) is 4.79 Å². The average Bonchev–Trinajstić information content (AvgIpc) is 2.90. The monoisotopic (exact) mass is 369 g/mol. The highest BCUT2D eigenvalue weighted by molar-refractivity contribution is 9.10. The van der Waals surface area contributed by atoms with Crippen LogP contribution in [0, 0.1) is 0 Å². The number of carbonyl (C=O) groups is 2. The van der Waals surface area contributed by atoms with Crippen molar-refractivity contribution in [1.29, 1.82) is 0 Å². The maximum absolute atomic E-state index is 12.1.